The van der Waals surface area contributed by atoms with Crippen LogP contribution in [0.1, 0.15) is 5.82 Å². The molecule has 3 aromatic heterocycles. The van der Waals surface area contributed by atoms with Crippen LogP contribution in [0.25, 0.3) is 32.6 Å². The molecule has 2 aromatic carbocycles. The molecule has 0 amide bonds. The van der Waals surface area contributed by atoms with Crippen LogP contribution in [0.2, 0.25) is 5.02 Å². The van der Waals surface area contributed by atoms with Gasteiger partial charge in [-0.2, -0.15) is 0 Å². The van der Waals surface area contributed by atoms with Gasteiger partial charge >= 0.3 is 0 Å². The molecule has 3 N–H and O–H groups in total. The Labute approximate surface area is 190 Å². The molecule has 0 spiro atoms. The number of aromatic amines is 1. The quantitative estimate of drug-likeness (QED) is 0.276. The standard InChI is InChI=1S/C22H16ClN5OS2/c23-16-9-5-4-8-14(16)15-11-30-21-19(15)20(29)26-18(27-21)12-31-22-25-17(10-28(22)24)13-6-2-1-3-7-13/h1-11H,12,24H2,(H,26,27,29). The maximum Gasteiger partial charge on any atom is 0.260 e. The maximum atomic E-state index is 12.8. The lowest BCUT2D eigenvalue weighted by Crippen LogP contribution is -2.11. The van der Waals surface area contributed by atoms with Gasteiger partial charge in [-0.1, -0.05) is 71.9 Å². The number of fused-ring (bicyclic) bond motifs is 1. The zero-order chi connectivity index (χ0) is 21.4. The largest absolute Gasteiger partial charge is 0.337 e. The van der Waals surface area contributed by atoms with E-state index < -0.39 is 0 Å². The summed E-state index contributed by atoms with van der Waals surface area (Å²) >= 11 is 9.17. The number of thioether (sulfide) groups is 1. The summed E-state index contributed by atoms with van der Waals surface area (Å²) in [4.78, 5) is 25.7. The van der Waals surface area contributed by atoms with E-state index in [4.69, 9.17) is 17.4 Å². The fraction of sp³-hybridized carbons (Fsp3) is 0.0455. The van der Waals surface area contributed by atoms with Gasteiger partial charge in [0.05, 0.1) is 23.0 Å². The monoisotopic (exact) mass is 465 g/mol. The Morgan fingerprint density at radius 1 is 1.06 bits per heavy atom. The molecule has 3 heterocycles. The van der Waals surface area contributed by atoms with Crippen molar-refractivity contribution in [2.24, 2.45) is 0 Å². The third kappa shape index (κ3) is 3.85. The van der Waals surface area contributed by atoms with Crippen molar-refractivity contribution in [3.8, 4) is 22.4 Å². The molecule has 0 bridgehead atoms. The SMILES string of the molecule is Nn1cc(-c2ccccc2)nc1SCc1nc2scc(-c3ccccc3Cl)c2c(=O)[nH]1. The number of nitrogens with two attached hydrogens (primary N) is 1. The van der Waals surface area contributed by atoms with Crippen LogP contribution in [-0.4, -0.2) is 19.6 Å². The molecule has 5 rings (SSSR count). The van der Waals surface area contributed by atoms with Gasteiger partial charge in [-0.3, -0.25) is 4.79 Å². The van der Waals surface area contributed by atoms with Crippen molar-refractivity contribution in [2.45, 2.75) is 10.9 Å². The molecule has 0 radical (unpaired) electrons. The van der Waals surface area contributed by atoms with Gasteiger partial charge in [0.15, 0.2) is 5.16 Å². The van der Waals surface area contributed by atoms with Crippen LogP contribution < -0.4 is 11.4 Å². The average Bonchev–Trinajstić information content (AvgIpc) is 3.37. The Balaban J connectivity index is 1.42. The van der Waals surface area contributed by atoms with E-state index in [-0.39, 0.29) is 5.56 Å². The smallest absolute Gasteiger partial charge is 0.260 e. The van der Waals surface area contributed by atoms with Crippen molar-refractivity contribution < 1.29 is 0 Å². The number of benzene rings is 2. The average molecular weight is 466 g/mol. The Hall–Kier alpha value is -3.07. The van der Waals surface area contributed by atoms with Gasteiger partial charge in [-0.25, -0.2) is 14.6 Å². The van der Waals surface area contributed by atoms with Crippen molar-refractivity contribution in [3.63, 3.8) is 0 Å². The molecule has 0 saturated heterocycles. The van der Waals surface area contributed by atoms with Gasteiger partial charge < -0.3 is 10.8 Å². The molecule has 0 atom stereocenters. The first-order valence-electron chi connectivity index (χ1n) is 9.38. The van der Waals surface area contributed by atoms with Crippen LogP contribution >= 0.6 is 34.7 Å². The molecule has 6 nitrogen and oxygen atoms in total. The molecule has 0 aliphatic carbocycles. The fourth-order valence-electron chi connectivity index (χ4n) is 3.30. The minimum absolute atomic E-state index is 0.183. The van der Waals surface area contributed by atoms with E-state index in [1.54, 1.807) is 6.20 Å². The van der Waals surface area contributed by atoms with E-state index >= 15 is 0 Å². The summed E-state index contributed by atoms with van der Waals surface area (Å²) in [6.45, 7) is 0. The van der Waals surface area contributed by atoms with Crippen LogP contribution in [0.4, 0.5) is 0 Å². The molecule has 0 unspecified atom stereocenters. The lowest BCUT2D eigenvalue weighted by molar-refractivity contribution is 0.850. The highest BCUT2D eigenvalue weighted by molar-refractivity contribution is 7.98. The molecule has 0 aliphatic heterocycles. The summed E-state index contributed by atoms with van der Waals surface area (Å²) in [7, 11) is 0. The van der Waals surface area contributed by atoms with Crippen LogP contribution in [0.3, 0.4) is 0 Å². The second kappa shape index (κ2) is 8.22. The van der Waals surface area contributed by atoms with Crippen molar-refractivity contribution in [3.05, 3.63) is 87.4 Å². The number of hydrogen-bond donors (Lipinski definition) is 2. The number of nitrogen functional groups attached to an aromatic ring is 1. The first kappa shape index (κ1) is 19.9. The van der Waals surface area contributed by atoms with Crippen molar-refractivity contribution in [2.75, 3.05) is 5.84 Å². The van der Waals surface area contributed by atoms with E-state index in [0.717, 1.165) is 22.4 Å². The molecular formula is C22H16ClN5OS2. The highest BCUT2D eigenvalue weighted by Gasteiger charge is 2.16. The Kier molecular flexibility index (Phi) is 5.27. The van der Waals surface area contributed by atoms with Crippen LogP contribution in [0.5, 0.6) is 0 Å². The lowest BCUT2D eigenvalue weighted by atomic mass is 10.1. The third-order valence-corrected chi connectivity index (χ3v) is 6.94. The fourth-order valence-corrected chi connectivity index (χ4v) is 5.27. The molecule has 0 aliphatic rings. The highest BCUT2D eigenvalue weighted by atomic mass is 35.5. The van der Waals surface area contributed by atoms with Crippen molar-refractivity contribution in [1.29, 1.82) is 0 Å². The van der Waals surface area contributed by atoms with E-state index in [1.165, 1.54) is 27.8 Å². The van der Waals surface area contributed by atoms with Crippen molar-refractivity contribution >= 4 is 44.9 Å². The Morgan fingerprint density at radius 2 is 1.84 bits per heavy atom. The number of halogens is 1. The zero-order valence-electron chi connectivity index (χ0n) is 16.1. The summed E-state index contributed by atoms with van der Waals surface area (Å²) in [5.41, 5.74) is 3.22. The van der Waals surface area contributed by atoms with E-state index in [1.807, 2.05) is 60.0 Å². The summed E-state index contributed by atoms with van der Waals surface area (Å²) in [5.74, 6) is 7.08. The number of aromatic nitrogens is 4. The number of rotatable bonds is 5. The molecule has 0 fully saturated rings. The third-order valence-electron chi connectivity index (χ3n) is 4.76. The van der Waals surface area contributed by atoms with Gasteiger partial charge in [0.2, 0.25) is 0 Å². The first-order valence-corrected chi connectivity index (χ1v) is 11.6. The molecule has 0 saturated carbocycles. The highest BCUT2D eigenvalue weighted by Crippen LogP contribution is 2.35. The van der Waals surface area contributed by atoms with Crippen LogP contribution in [0.15, 0.2) is 76.1 Å². The molecule has 31 heavy (non-hydrogen) atoms. The maximum absolute atomic E-state index is 12.8. The van der Waals surface area contributed by atoms with Crippen molar-refractivity contribution in [1.82, 2.24) is 19.6 Å². The number of hydrogen-bond acceptors (Lipinski definition) is 6. The normalized spacial score (nSPS) is 11.3. The number of H-pyrrole nitrogens is 1. The molecule has 9 heteroatoms. The van der Waals surface area contributed by atoms with E-state index in [2.05, 4.69) is 15.0 Å². The number of nitrogens with zero attached hydrogens (tertiary/aromatic N) is 3. The first-order chi connectivity index (χ1) is 15.1. The lowest BCUT2D eigenvalue weighted by Gasteiger charge is -2.04. The predicted octanol–water partition coefficient (Wildman–Crippen LogP) is 5.17. The Morgan fingerprint density at radius 3 is 2.65 bits per heavy atom. The van der Waals surface area contributed by atoms with Crippen LogP contribution in [0, 0.1) is 0 Å². The number of thiophene rings is 1. The predicted molar refractivity (Wildman–Crippen MR) is 128 cm³/mol. The number of nitrogens with one attached hydrogen (secondary N) is 1. The van der Waals surface area contributed by atoms with Gasteiger partial charge in [-0.15, -0.1) is 11.3 Å². The van der Waals surface area contributed by atoms with E-state index in [0.29, 0.717) is 32.0 Å². The summed E-state index contributed by atoms with van der Waals surface area (Å²) < 4.78 is 1.49. The molecular weight excluding hydrogens is 450 g/mol. The van der Waals surface area contributed by atoms with Crippen LogP contribution in [-0.2, 0) is 5.75 Å². The van der Waals surface area contributed by atoms with Gasteiger partial charge in [0.25, 0.3) is 5.56 Å². The topological polar surface area (TPSA) is 89.6 Å². The minimum Gasteiger partial charge on any atom is -0.337 e. The van der Waals surface area contributed by atoms with Gasteiger partial charge in [-0.05, 0) is 6.07 Å². The second-order valence-electron chi connectivity index (χ2n) is 6.79. The van der Waals surface area contributed by atoms with Gasteiger partial charge in [0.1, 0.15) is 10.7 Å². The summed E-state index contributed by atoms with van der Waals surface area (Å²) in [6.07, 6.45) is 1.78. The summed E-state index contributed by atoms with van der Waals surface area (Å²) in [5, 5.41) is 3.72. The minimum atomic E-state index is -0.183. The van der Waals surface area contributed by atoms with E-state index in [9.17, 15) is 4.79 Å². The molecule has 154 valence electrons. The van der Waals surface area contributed by atoms with Gasteiger partial charge in [0, 0.05) is 27.1 Å². The second-order valence-corrected chi connectivity index (χ2v) is 9.00. The zero-order valence-corrected chi connectivity index (χ0v) is 18.5. The molecule has 5 aromatic rings. The summed E-state index contributed by atoms with van der Waals surface area (Å²) in [6, 6.07) is 17.3. The Bertz CT molecular complexity index is 1440. The number of imidazole rings is 1.